The second kappa shape index (κ2) is 17.1. The van der Waals surface area contributed by atoms with E-state index in [0.717, 1.165) is 22.5 Å². The summed E-state index contributed by atoms with van der Waals surface area (Å²) in [7, 11) is 0. The Kier molecular flexibility index (Phi) is 9.71. The van der Waals surface area contributed by atoms with E-state index < -0.39 is 0 Å². The van der Waals surface area contributed by atoms with Crippen LogP contribution in [0, 0.1) is 0 Å². The molecule has 0 bridgehead atoms. The maximum absolute atomic E-state index is 2.49. The van der Waals surface area contributed by atoms with E-state index in [-0.39, 0.29) is 0 Å². The Hall–Kier alpha value is -9.32. The number of aromatic nitrogens is 2. The number of rotatable bonds is 7. The maximum atomic E-state index is 2.49. The molecule has 354 valence electrons. The van der Waals surface area contributed by atoms with Gasteiger partial charge in [0.15, 0.2) is 0 Å². The van der Waals surface area contributed by atoms with Crippen LogP contribution in [0.2, 0.25) is 0 Å². The van der Waals surface area contributed by atoms with Crippen LogP contribution in [0.15, 0.2) is 267 Å². The number of hydrogen-bond donors (Lipinski definition) is 0. The second-order valence-corrected chi connectivity index (χ2v) is 22.2. The maximum Gasteiger partial charge on any atom is 0.0541 e. The molecule has 4 aromatic heterocycles. The third-order valence-electron chi connectivity index (χ3n) is 15.7. The Morgan fingerprint density at radius 1 is 0.184 bits per heavy atom. The molecule has 0 atom stereocenters. The summed E-state index contributed by atoms with van der Waals surface area (Å²) < 4.78 is 10.3. The molecule has 0 radical (unpaired) electrons. The highest BCUT2D eigenvalue weighted by molar-refractivity contribution is 7.26. The van der Waals surface area contributed by atoms with Crippen molar-refractivity contribution in [2.45, 2.75) is 0 Å². The molecule has 0 spiro atoms. The average Bonchev–Trinajstić information content (AvgIpc) is 4.30. The zero-order valence-corrected chi connectivity index (χ0v) is 42.7. The van der Waals surface area contributed by atoms with Crippen molar-refractivity contribution in [3.63, 3.8) is 0 Å². The summed E-state index contributed by atoms with van der Waals surface area (Å²) in [6.45, 7) is 0. The van der Waals surface area contributed by atoms with Crippen molar-refractivity contribution in [3.8, 4) is 67.0 Å². The van der Waals surface area contributed by atoms with E-state index >= 15 is 0 Å². The Morgan fingerprint density at radius 3 is 0.974 bits per heavy atom. The standard InChI is InChI=1S/C72H44N2S2/c1-3-15-45(16-4-1)51-35-52(46-17-5-2-6-18-46)37-53(36-51)54-38-55(73-65-23-11-7-19-57(65)61-40-47(27-31-67(61)73)49-29-33-71-63(42-49)59-21-9-13-25-69(59)75-71)44-56(39-54)74-66-24-12-8-20-58(66)62-41-48(28-32-68(62)74)50-30-34-72-64(43-50)60-22-10-14-26-70(60)76-72/h1-44H. The van der Waals surface area contributed by atoms with Gasteiger partial charge in [0.05, 0.1) is 22.1 Å². The monoisotopic (exact) mass is 1000 g/mol. The summed E-state index contributed by atoms with van der Waals surface area (Å²) in [6, 6.07) is 99.4. The first kappa shape index (κ1) is 43.1. The minimum Gasteiger partial charge on any atom is -0.309 e. The van der Waals surface area contributed by atoms with Gasteiger partial charge in [-0.3, -0.25) is 0 Å². The fraction of sp³-hybridized carbons (Fsp3) is 0. The van der Waals surface area contributed by atoms with E-state index in [2.05, 4.69) is 276 Å². The summed E-state index contributed by atoms with van der Waals surface area (Å²) in [5.41, 5.74) is 18.8. The molecule has 0 aliphatic carbocycles. The summed E-state index contributed by atoms with van der Waals surface area (Å²) in [5.74, 6) is 0. The predicted octanol–water partition coefficient (Wildman–Crippen LogP) is 21.0. The molecule has 0 aliphatic heterocycles. The van der Waals surface area contributed by atoms with E-state index in [4.69, 9.17) is 0 Å². The van der Waals surface area contributed by atoms with E-state index in [1.165, 1.54) is 128 Å². The van der Waals surface area contributed by atoms with Crippen molar-refractivity contribution in [2.24, 2.45) is 0 Å². The van der Waals surface area contributed by atoms with Crippen molar-refractivity contribution < 1.29 is 0 Å². The number of fused-ring (bicyclic) bond motifs is 12. The van der Waals surface area contributed by atoms with Gasteiger partial charge in [-0.2, -0.15) is 0 Å². The van der Waals surface area contributed by atoms with Crippen molar-refractivity contribution in [3.05, 3.63) is 267 Å². The normalized spacial score (nSPS) is 11.9. The van der Waals surface area contributed by atoms with Gasteiger partial charge in [0.2, 0.25) is 0 Å². The molecule has 76 heavy (non-hydrogen) atoms. The SMILES string of the molecule is c1ccc(-c2cc(-c3ccccc3)cc(-c3cc(-n4c5ccccc5c5cc(-c6ccc7sc8ccccc8c7c6)ccc54)cc(-n4c5ccccc5c5cc(-c6ccc7sc8ccccc8c7c6)ccc54)c3)c2)cc1. The lowest BCUT2D eigenvalue weighted by molar-refractivity contribution is 1.13. The molecular weight excluding hydrogens is 957 g/mol. The van der Waals surface area contributed by atoms with E-state index in [1.54, 1.807) is 0 Å². The fourth-order valence-electron chi connectivity index (χ4n) is 12.1. The lowest BCUT2D eigenvalue weighted by atomic mass is 9.93. The summed E-state index contributed by atoms with van der Waals surface area (Å²) in [5, 5.41) is 10.2. The molecule has 4 heteroatoms. The lowest BCUT2D eigenvalue weighted by Crippen LogP contribution is -2.00. The van der Waals surface area contributed by atoms with Gasteiger partial charge in [-0.15, -0.1) is 22.7 Å². The molecule has 0 saturated carbocycles. The topological polar surface area (TPSA) is 9.86 Å². The van der Waals surface area contributed by atoms with Gasteiger partial charge < -0.3 is 9.13 Å². The Bertz CT molecular complexity index is 4680. The smallest absolute Gasteiger partial charge is 0.0541 e. The van der Waals surface area contributed by atoms with Crippen LogP contribution in [0.4, 0.5) is 0 Å². The molecule has 0 amide bonds. The Morgan fingerprint density at radius 2 is 0.513 bits per heavy atom. The summed E-state index contributed by atoms with van der Waals surface area (Å²) >= 11 is 3.73. The predicted molar refractivity (Wildman–Crippen MR) is 328 cm³/mol. The van der Waals surface area contributed by atoms with Crippen molar-refractivity contribution in [1.82, 2.24) is 9.13 Å². The first-order valence-electron chi connectivity index (χ1n) is 26.0. The van der Waals surface area contributed by atoms with Gasteiger partial charge in [0, 0.05) is 73.3 Å². The van der Waals surface area contributed by atoms with Gasteiger partial charge in [0.1, 0.15) is 0 Å². The second-order valence-electron chi connectivity index (χ2n) is 20.1. The van der Waals surface area contributed by atoms with Gasteiger partial charge in [-0.25, -0.2) is 0 Å². The Balaban J connectivity index is 0.931. The van der Waals surface area contributed by atoms with Crippen LogP contribution >= 0.6 is 22.7 Å². The molecule has 12 aromatic carbocycles. The van der Waals surface area contributed by atoms with Crippen LogP contribution in [-0.2, 0) is 0 Å². The van der Waals surface area contributed by atoms with Crippen LogP contribution in [0.3, 0.4) is 0 Å². The quantitative estimate of drug-likeness (QED) is 0.151. The molecule has 16 aromatic rings. The van der Waals surface area contributed by atoms with Crippen molar-refractivity contribution >= 4 is 107 Å². The molecule has 0 aliphatic rings. The number of hydrogen-bond acceptors (Lipinski definition) is 2. The highest BCUT2D eigenvalue weighted by Gasteiger charge is 2.20. The molecule has 16 rings (SSSR count). The molecular formula is C72H44N2S2. The molecule has 0 N–H and O–H groups in total. The molecule has 0 unspecified atom stereocenters. The first-order chi connectivity index (χ1) is 37.6. The minimum atomic E-state index is 1.10. The van der Waals surface area contributed by atoms with E-state index in [1.807, 2.05) is 22.7 Å². The van der Waals surface area contributed by atoms with Crippen LogP contribution in [0.25, 0.3) is 151 Å². The summed E-state index contributed by atoms with van der Waals surface area (Å²) in [4.78, 5) is 0. The third kappa shape index (κ3) is 6.92. The van der Waals surface area contributed by atoms with E-state index in [9.17, 15) is 0 Å². The number of benzene rings is 12. The third-order valence-corrected chi connectivity index (χ3v) is 18.0. The zero-order chi connectivity index (χ0) is 49.8. The lowest BCUT2D eigenvalue weighted by Gasteiger charge is -2.17. The van der Waals surface area contributed by atoms with Gasteiger partial charge in [0.25, 0.3) is 0 Å². The van der Waals surface area contributed by atoms with E-state index in [0.29, 0.717) is 0 Å². The number of nitrogens with zero attached hydrogens (tertiary/aromatic N) is 2. The highest BCUT2D eigenvalue weighted by Crippen LogP contribution is 2.44. The van der Waals surface area contributed by atoms with Gasteiger partial charge in [-0.05, 0) is 165 Å². The minimum absolute atomic E-state index is 1.10. The molecule has 4 heterocycles. The number of para-hydroxylation sites is 2. The fourth-order valence-corrected chi connectivity index (χ4v) is 14.3. The van der Waals surface area contributed by atoms with Crippen molar-refractivity contribution in [1.29, 1.82) is 0 Å². The molecule has 2 nitrogen and oxygen atoms in total. The summed E-state index contributed by atoms with van der Waals surface area (Å²) in [6.07, 6.45) is 0. The highest BCUT2D eigenvalue weighted by atomic mass is 32.1. The zero-order valence-electron chi connectivity index (χ0n) is 41.1. The van der Waals surface area contributed by atoms with Gasteiger partial charge in [-0.1, -0.05) is 158 Å². The first-order valence-corrected chi connectivity index (χ1v) is 27.6. The molecule has 0 saturated heterocycles. The Labute approximate surface area is 446 Å². The van der Waals surface area contributed by atoms with Crippen molar-refractivity contribution in [2.75, 3.05) is 0 Å². The number of thiophene rings is 2. The van der Waals surface area contributed by atoms with Gasteiger partial charge >= 0.3 is 0 Å². The van der Waals surface area contributed by atoms with Crippen LogP contribution in [-0.4, -0.2) is 9.13 Å². The van der Waals surface area contributed by atoms with Crippen LogP contribution in [0.1, 0.15) is 0 Å². The largest absolute Gasteiger partial charge is 0.309 e. The average molecular weight is 1000 g/mol. The van der Waals surface area contributed by atoms with Crippen LogP contribution in [0.5, 0.6) is 0 Å². The van der Waals surface area contributed by atoms with Crippen LogP contribution < -0.4 is 0 Å². The molecule has 0 fully saturated rings.